The summed E-state index contributed by atoms with van der Waals surface area (Å²) in [4.78, 5) is 30.0. The Balaban J connectivity index is 2.35. The van der Waals surface area contributed by atoms with E-state index in [9.17, 15) is 19.8 Å². The number of cyclic esters (lactones) is 1. The maximum absolute atomic E-state index is 15.1. The summed E-state index contributed by atoms with van der Waals surface area (Å²) in [5, 5.41) is 30.8. The number of oxazole rings is 1. The summed E-state index contributed by atoms with van der Waals surface area (Å²) in [5.41, 5.74) is -0.213. The first-order valence-corrected chi connectivity index (χ1v) is 12.6. The molecule has 36 heavy (non-hydrogen) atoms. The lowest BCUT2D eigenvalue weighted by Gasteiger charge is -2.35. The molecule has 0 aliphatic carbocycles. The van der Waals surface area contributed by atoms with Crippen LogP contribution in [0.2, 0.25) is 0 Å². The van der Waals surface area contributed by atoms with Gasteiger partial charge in [0.25, 0.3) is 0 Å². The van der Waals surface area contributed by atoms with Gasteiger partial charge in [-0.2, -0.15) is 0 Å². The van der Waals surface area contributed by atoms with Crippen LogP contribution in [0.25, 0.3) is 6.08 Å². The van der Waals surface area contributed by atoms with Gasteiger partial charge in [0.2, 0.25) is 5.89 Å². The van der Waals surface area contributed by atoms with Gasteiger partial charge in [-0.1, -0.05) is 39.3 Å². The second-order valence-electron chi connectivity index (χ2n) is 10.3. The number of carbonyl (C=O) groups excluding carboxylic acids is 2. The molecule has 3 N–H and O–H groups in total. The molecule has 0 radical (unpaired) electrons. The molecule has 1 aromatic heterocycles. The van der Waals surface area contributed by atoms with E-state index in [0.717, 1.165) is 18.1 Å². The molecule has 0 unspecified atom stereocenters. The normalized spacial score (nSPS) is 31.0. The van der Waals surface area contributed by atoms with Crippen LogP contribution in [0.15, 0.2) is 28.2 Å². The fourth-order valence-electron chi connectivity index (χ4n) is 4.44. The van der Waals surface area contributed by atoms with Crippen molar-refractivity contribution in [2.45, 2.75) is 98.1 Å². The van der Waals surface area contributed by atoms with Crippen molar-refractivity contribution in [1.29, 1.82) is 0 Å². The highest BCUT2D eigenvalue weighted by atomic mass is 19.1. The average molecular weight is 510 g/mol. The maximum Gasteiger partial charge on any atom is 0.309 e. The van der Waals surface area contributed by atoms with Crippen LogP contribution in [0, 0.1) is 17.3 Å². The third kappa shape index (κ3) is 7.82. The number of aliphatic hydroxyl groups excluding tert-OH is 3. The van der Waals surface area contributed by atoms with Gasteiger partial charge in [0.05, 0.1) is 24.0 Å². The van der Waals surface area contributed by atoms with Crippen molar-refractivity contribution in [1.82, 2.24) is 4.98 Å². The first-order valence-electron chi connectivity index (χ1n) is 12.6. The zero-order valence-electron chi connectivity index (χ0n) is 21.9. The molecule has 202 valence electrons. The highest BCUT2D eigenvalue weighted by Gasteiger charge is 2.43. The predicted molar refractivity (Wildman–Crippen MR) is 132 cm³/mol. The van der Waals surface area contributed by atoms with E-state index in [2.05, 4.69) is 4.98 Å². The first kappa shape index (κ1) is 29.9. The summed E-state index contributed by atoms with van der Waals surface area (Å²) in [6.07, 6.45) is 2.70. The van der Waals surface area contributed by atoms with Gasteiger partial charge in [-0.15, -0.1) is 0 Å². The Kier molecular flexibility index (Phi) is 11.0. The Bertz CT molecular complexity index is 952. The smallest absolute Gasteiger partial charge is 0.309 e. The van der Waals surface area contributed by atoms with Gasteiger partial charge < -0.3 is 24.5 Å². The number of Topliss-reactive ketones (excluding diaryl/α,β-unsaturated/α-hetero) is 1. The van der Waals surface area contributed by atoms with Gasteiger partial charge in [0.1, 0.15) is 30.2 Å². The van der Waals surface area contributed by atoms with Crippen molar-refractivity contribution in [3.63, 3.8) is 0 Å². The molecule has 0 spiro atoms. The van der Waals surface area contributed by atoms with Gasteiger partial charge in [0.15, 0.2) is 6.10 Å². The van der Waals surface area contributed by atoms with Crippen molar-refractivity contribution in [3.8, 4) is 0 Å². The maximum atomic E-state index is 15.1. The van der Waals surface area contributed by atoms with Crippen LogP contribution >= 0.6 is 0 Å². The lowest BCUT2D eigenvalue weighted by molar-refractivity contribution is -0.155. The number of allylic oxidation sites excluding steroid dienone is 1. The summed E-state index contributed by atoms with van der Waals surface area (Å²) < 4.78 is 25.6. The number of hydrogen-bond donors (Lipinski definition) is 3. The highest BCUT2D eigenvalue weighted by molar-refractivity contribution is 5.88. The highest BCUT2D eigenvalue weighted by Crippen LogP contribution is 2.34. The van der Waals surface area contributed by atoms with E-state index < -0.39 is 54.5 Å². The number of aromatic nitrogens is 1. The zero-order valence-corrected chi connectivity index (χ0v) is 21.9. The molecule has 1 aliphatic rings. The van der Waals surface area contributed by atoms with Gasteiger partial charge in [-0.3, -0.25) is 9.59 Å². The quantitative estimate of drug-likeness (QED) is 0.405. The molecule has 8 nitrogen and oxygen atoms in total. The first-order chi connectivity index (χ1) is 16.9. The lowest BCUT2D eigenvalue weighted by Crippen LogP contribution is -2.46. The zero-order chi connectivity index (χ0) is 27.0. The third-order valence-electron chi connectivity index (χ3n) is 7.08. The summed E-state index contributed by atoms with van der Waals surface area (Å²) in [5.74, 6) is -2.71. The number of halogens is 1. The monoisotopic (exact) mass is 509 g/mol. The molecule has 2 heterocycles. The largest absolute Gasteiger partial charge is 0.455 e. The minimum absolute atomic E-state index is 0.0273. The van der Waals surface area contributed by atoms with Crippen LogP contribution < -0.4 is 0 Å². The minimum Gasteiger partial charge on any atom is -0.455 e. The standard InChI is InChI=1S/C27H40FNO7/c1-6-19-25(33)17(3)9-7-8-16(2)10-11-21(20(28)12-18-15-35-23(14-30)29-18)36-24(32)13-22(31)27(4,5)26(19)34/h10,12,15,17,19,21-22,25,30-31,33H,6-9,11,13-14H2,1-5H3/b16-10-,20-12-/t17-,19+,21-,22-,25-/m0/s1. The number of ether oxygens (including phenoxy) is 1. The number of hydrogen-bond acceptors (Lipinski definition) is 8. The van der Waals surface area contributed by atoms with E-state index in [1.165, 1.54) is 6.26 Å². The average Bonchev–Trinajstić information content (AvgIpc) is 3.28. The van der Waals surface area contributed by atoms with Crippen molar-refractivity contribution in [2.75, 3.05) is 0 Å². The Hall–Kier alpha value is -2.36. The van der Waals surface area contributed by atoms with Crippen LogP contribution in [0.1, 0.15) is 84.7 Å². The van der Waals surface area contributed by atoms with Gasteiger partial charge in [-0.25, -0.2) is 9.37 Å². The fourth-order valence-corrected chi connectivity index (χ4v) is 4.44. The van der Waals surface area contributed by atoms with E-state index in [-0.39, 0.29) is 29.7 Å². The second-order valence-corrected chi connectivity index (χ2v) is 10.3. The van der Waals surface area contributed by atoms with Crippen LogP contribution in [-0.4, -0.2) is 50.4 Å². The van der Waals surface area contributed by atoms with E-state index in [0.29, 0.717) is 19.3 Å². The Morgan fingerprint density at radius 3 is 2.61 bits per heavy atom. The van der Waals surface area contributed by atoms with E-state index in [1.807, 2.05) is 20.8 Å². The Morgan fingerprint density at radius 2 is 2.00 bits per heavy atom. The molecule has 9 heteroatoms. The molecular formula is C27H40FNO7. The molecule has 0 saturated carbocycles. The Morgan fingerprint density at radius 1 is 1.31 bits per heavy atom. The molecule has 0 amide bonds. The van der Waals surface area contributed by atoms with Gasteiger partial charge >= 0.3 is 5.97 Å². The van der Waals surface area contributed by atoms with Crippen LogP contribution in [0.4, 0.5) is 4.39 Å². The molecule has 5 atom stereocenters. The second kappa shape index (κ2) is 13.3. The number of aliphatic hydroxyl groups is 3. The summed E-state index contributed by atoms with van der Waals surface area (Å²) in [6.45, 7) is 8.29. The molecule has 0 saturated heterocycles. The summed E-state index contributed by atoms with van der Waals surface area (Å²) >= 11 is 0. The summed E-state index contributed by atoms with van der Waals surface area (Å²) in [7, 11) is 0. The molecular weight excluding hydrogens is 469 g/mol. The van der Waals surface area contributed by atoms with Crippen LogP contribution in [-0.2, 0) is 20.9 Å². The van der Waals surface area contributed by atoms with Crippen LogP contribution in [0.3, 0.4) is 0 Å². The number of carbonyl (C=O) groups is 2. The molecule has 1 aromatic rings. The minimum atomic E-state index is -1.38. The fraction of sp³-hybridized carbons (Fsp3) is 0.667. The molecule has 0 fully saturated rings. The Labute approximate surface area is 212 Å². The SMILES string of the molecule is CC[C@H]1C(=O)C(C)(C)[C@@H](O)CC(=O)O[C@H](/C(F)=C/c2coc(CO)n2)C/C=C(/C)CCC[C@H](C)[C@@H]1O. The van der Waals surface area contributed by atoms with Crippen molar-refractivity contribution < 1.29 is 38.5 Å². The lowest BCUT2D eigenvalue weighted by atomic mass is 9.71. The van der Waals surface area contributed by atoms with Gasteiger partial charge in [0, 0.05) is 18.4 Å². The van der Waals surface area contributed by atoms with Gasteiger partial charge in [-0.05, 0) is 38.5 Å². The molecule has 0 bridgehead atoms. The van der Waals surface area contributed by atoms with E-state index >= 15 is 4.39 Å². The molecule has 1 aliphatic heterocycles. The van der Waals surface area contributed by atoms with E-state index in [4.69, 9.17) is 14.3 Å². The topological polar surface area (TPSA) is 130 Å². The van der Waals surface area contributed by atoms with Crippen molar-refractivity contribution in [3.05, 3.63) is 35.3 Å². The van der Waals surface area contributed by atoms with Crippen LogP contribution in [0.5, 0.6) is 0 Å². The van der Waals surface area contributed by atoms with Crippen molar-refractivity contribution >= 4 is 17.8 Å². The number of esters is 1. The number of rotatable bonds is 4. The number of nitrogens with zero attached hydrogens (tertiary/aromatic N) is 1. The van der Waals surface area contributed by atoms with E-state index in [1.54, 1.807) is 19.9 Å². The predicted octanol–water partition coefficient (Wildman–Crippen LogP) is 4.28. The van der Waals surface area contributed by atoms with Crippen molar-refractivity contribution in [2.24, 2.45) is 17.3 Å². The third-order valence-corrected chi connectivity index (χ3v) is 7.08. The number of ketones is 1. The molecule has 0 aromatic carbocycles. The molecule has 2 rings (SSSR count). The summed E-state index contributed by atoms with van der Waals surface area (Å²) in [6, 6.07) is 0.